The van der Waals surface area contributed by atoms with E-state index in [9.17, 15) is 4.79 Å². The van der Waals surface area contributed by atoms with Crippen LogP contribution in [0.2, 0.25) is 0 Å². The fourth-order valence-electron chi connectivity index (χ4n) is 1.63. The Hall–Kier alpha value is -1.82. The molecule has 0 bridgehead atoms. The molecule has 0 radical (unpaired) electrons. The molecule has 0 aliphatic carbocycles. The molecule has 19 heavy (non-hydrogen) atoms. The third kappa shape index (κ3) is 2.96. The van der Waals surface area contributed by atoms with Crippen molar-refractivity contribution in [2.75, 3.05) is 0 Å². The Kier molecular flexibility index (Phi) is 3.90. The largest absolute Gasteiger partial charge is 0.369 e. The van der Waals surface area contributed by atoms with E-state index in [0.717, 1.165) is 11.5 Å². The number of carbonyl (C=O) groups is 1. The number of carbonyl (C=O) groups excluding carboxylic acids is 1. The first-order valence-electron chi connectivity index (χ1n) is 5.94. The highest BCUT2D eigenvalue weighted by Crippen LogP contribution is 2.25. The summed E-state index contributed by atoms with van der Waals surface area (Å²) >= 11 is 1.31. The third-order valence-electron chi connectivity index (χ3n) is 2.77. The third-order valence-corrected chi connectivity index (χ3v) is 3.83. The molecule has 0 unspecified atom stereocenters. The molecule has 1 aromatic heterocycles. The predicted molar refractivity (Wildman–Crippen MR) is 75.3 cm³/mol. The average molecular weight is 276 g/mol. The maximum atomic E-state index is 11.1. The van der Waals surface area contributed by atoms with E-state index < -0.39 is 0 Å². The van der Waals surface area contributed by atoms with E-state index >= 15 is 0 Å². The molecule has 0 saturated heterocycles. The zero-order valence-electron chi connectivity index (χ0n) is 11.1. The number of primary amides is 1. The summed E-state index contributed by atoms with van der Waals surface area (Å²) in [5, 5.41) is 8.51. The standard InChI is InChI=1S/C13H16N4OS/c1-8-4-6-11(7-5-8)17-10(3)15-16-13(17)19-9(2)12(14)18/h4-7,9H,1-3H3,(H2,14,18)/t9-/m0/s1. The van der Waals surface area contributed by atoms with Gasteiger partial charge in [-0.2, -0.15) is 0 Å². The molecule has 5 nitrogen and oxygen atoms in total. The number of rotatable bonds is 4. The Morgan fingerprint density at radius 2 is 1.89 bits per heavy atom. The Balaban J connectivity index is 2.37. The molecule has 2 N–H and O–H groups in total. The number of thioether (sulfide) groups is 1. The first kappa shape index (κ1) is 13.6. The van der Waals surface area contributed by atoms with E-state index in [1.807, 2.05) is 42.7 Å². The number of benzene rings is 1. The fraction of sp³-hybridized carbons (Fsp3) is 0.308. The number of aromatic nitrogens is 3. The monoisotopic (exact) mass is 276 g/mol. The summed E-state index contributed by atoms with van der Waals surface area (Å²) in [6.07, 6.45) is 0. The zero-order valence-corrected chi connectivity index (χ0v) is 11.9. The molecule has 100 valence electrons. The van der Waals surface area contributed by atoms with Crippen LogP contribution >= 0.6 is 11.8 Å². The van der Waals surface area contributed by atoms with Gasteiger partial charge in [0, 0.05) is 5.69 Å². The Morgan fingerprint density at radius 1 is 1.26 bits per heavy atom. The molecule has 2 aromatic rings. The number of hydrogen-bond donors (Lipinski definition) is 1. The minimum atomic E-state index is -0.360. The van der Waals surface area contributed by atoms with Crippen molar-refractivity contribution in [1.29, 1.82) is 0 Å². The molecule has 6 heteroatoms. The van der Waals surface area contributed by atoms with Gasteiger partial charge in [-0.3, -0.25) is 9.36 Å². The molecule has 2 rings (SSSR count). The molecule has 0 aliphatic heterocycles. The van der Waals surface area contributed by atoms with Gasteiger partial charge >= 0.3 is 0 Å². The summed E-state index contributed by atoms with van der Waals surface area (Å²) in [6.45, 7) is 5.68. The maximum absolute atomic E-state index is 11.1. The topological polar surface area (TPSA) is 73.8 Å². The van der Waals surface area contributed by atoms with Gasteiger partial charge in [-0.15, -0.1) is 10.2 Å². The Morgan fingerprint density at radius 3 is 2.47 bits per heavy atom. The van der Waals surface area contributed by atoms with Gasteiger partial charge < -0.3 is 5.73 Å². The van der Waals surface area contributed by atoms with Gasteiger partial charge in [-0.25, -0.2) is 0 Å². The smallest absolute Gasteiger partial charge is 0.230 e. The lowest BCUT2D eigenvalue weighted by atomic mass is 10.2. The van der Waals surface area contributed by atoms with Crippen molar-refractivity contribution in [2.45, 2.75) is 31.2 Å². The van der Waals surface area contributed by atoms with Crippen LogP contribution in [-0.4, -0.2) is 25.9 Å². The zero-order chi connectivity index (χ0) is 14.0. The van der Waals surface area contributed by atoms with Crippen LogP contribution in [0.25, 0.3) is 5.69 Å². The summed E-state index contributed by atoms with van der Waals surface area (Å²) in [4.78, 5) is 11.1. The van der Waals surface area contributed by atoms with Crippen molar-refractivity contribution in [3.05, 3.63) is 35.7 Å². The Bertz CT molecular complexity index is 591. The summed E-state index contributed by atoms with van der Waals surface area (Å²) in [5.41, 5.74) is 7.45. The molecule has 1 atom stereocenters. The first-order valence-corrected chi connectivity index (χ1v) is 6.82. The lowest BCUT2D eigenvalue weighted by Crippen LogP contribution is -2.23. The van der Waals surface area contributed by atoms with E-state index in [1.165, 1.54) is 17.3 Å². The number of nitrogens with two attached hydrogens (primary N) is 1. The predicted octanol–water partition coefficient (Wildman–Crippen LogP) is 1.85. The highest BCUT2D eigenvalue weighted by Gasteiger charge is 2.17. The summed E-state index contributed by atoms with van der Waals surface area (Å²) < 4.78 is 1.92. The average Bonchev–Trinajstić information content (AvgIpc) is 2.72. The highest BCUT2D eigenvalue weighted by atomic mass is 32.2. The van der Waals surface area contributed by atoms with E-state index in [4.69, 9.17) is 5.73 Å². The molecule has 0 aliphatic rings. The second-order valence-corrected chi connectivity index (χ2v) is 5.67. The van der Waals surface area contributed by atoms with Gasteiger partial charge in [0.25, 0.3) is 0 Å². The van der Waals surface area contributed by atoms with Gasteiger partial charge in [0.1, 0.15) is 5.82 Å². The van der Waals surface area contributed by atoms with Crippen molar-refractivity contribution in [1.82, 2.24) is 14.8 Å². The van der Waals surface area contributed by atoms with Crippen molar-refractivity contribution in [2.24, 2.45) is 5.73 Å². The highest BCUT2D eigenvalue weighted by molar-refractivity contribution is 8.00. The summed E-state index contributed by atoms with van der Waals surface area (Å²) in [6, 6.07) is 8.07. The molecule has 0 spiro atoms. The van der Waals surface area contributed by atoms with Gasteiger partial charge in [0.05, 0.1) is 5.25 Å². The van der Waals surface area contributed by atoms with Crippen LogP contribution in [0.3, 0.4) is 0 Å². The van der Waals surface area contributed by atoms with E-state index in [0.29, 0.717) is 5.16 Å². The van der Waals surface area contributed by atoms with Crippen molar-refractivity contribution in [3.8, 4) is 5.69 Å². The van der Waals surface area contributed by atoms with Crippen LogP contribution in [0.5, 0.6) is 0 Å². The summed E-state index contributed by atoms with van der Waals surface area (Å²) in [5.74, 6) is 0.420. The van der Waals surface area contributed by atoms with Crippen LogP contribution in [-0.2, 0) is 4.79 Å². The lowest BCUT2D eigenvalue weighted by molar-refractivity contribution is -0.117. The normalized spacial score (nSPS) is 12.4. The number of hydrogen-bond acceptors (Lipinski definition) is 4. The molecule has 1 amide bonds. The van der Waals surface area contributed by atoms with E-state index in [-0.39, 0.29) is 11.2 Å². The van der Waals surface area contributed by atoms with Crippen LogP contribution in [0, 0.1) is 13.8 Å². The molecule has 1 aromatic carbocycles. The van der Waals surface area contributed by atoms with Crippen LogP contribution in [0.1, 0.15) is 18.3 Å². The van der Waals surface area contributed by atoms with Crippen LogP contribution < -0.4 is 5.73 Å². The quantitative estimate of drug-likeness (QED) is 0.865. The first-order chi connectivity index (χ1) is 8.99. The minimum Gasteiger partial charge on any atom is -0.369 e. The molecule has 0 saturated carbocycles. The molecular formula is C13H16N4OS. The SMILES string of the molecule is Cc1ccc(-n2c(C)nnc2S[C@@H](C)C(N)=O)cc1. The fourth-order valence-corrected chi connectivity index (χ4v) is 2.49. The van der Waals surface area contributed by atoms with Gasteiger partial charge in [-0.1, -0.05) is 29.5 Å². The number of nitrogens with zero attached hydrogens (tertiary/aromatic N) is 3. The van der Waals surface area contributed by atoms with Gasteiger partial charge in [-0.05, 0) is 32.9 Å². The van der Waals surface area contributed by atoms with E-state index in [1.54, 1.807) is 6.92 Å². The maximum Gasteiger partial charge on any atom is 0.230 e. The number of amides is 1. The second kappa shape index (κ2) is 5.44. The molecule has 0 fully saturated rings. The minimum absolute atomic E-state index is 0.340. The van der Waals surface area contributed by atoms with Gasteiger partial charge in [0.2, 0.25) is 5.91 Å². The van der Waals surface area contributed by atoms with Crippen molar-refractivity contribution < 1.29 is 4.79 Å². The molecule has 1 heterocycles. The van der Waals surface area contributed by atoms with Crippen LogP contribution in [0.15, 0.2) is 29.4 Å². The molecular weight excluding hydrogens is 260 g/mol. The van der Waals surface area contributed by atoms with E-state index in [2.05, 4.69) is 10.2 Å². The van der Waals surface area contributed by atoms with Gasteiger partial charge in [0.15, 0.2) is 5.16 Å². The second-order valence-electron chi connectivity index (χ2n) is 4.36. The number of aryl methyl sites for hydroxylation is 2. The summed E-state index contributed by atoms with van der Waals surface area (Å²) in [7, 11) is 0. The van der Waals surface area contributed by atoms with Crippen molar-refractivity contribution in [3.63, 3.8) is 0 Å². The van der Waals surface area contributed by atoms with Crippen LogP contribution in [0.4, 0.5) is 0 Å². The lowest BCUT2D eigenvalue weighted by Gasteiger charge is -2.10. The van der Waals surface area contributed by atoms with Crippen molar-refractivity contribution >= 4 is 17.7 Å². The Labute approximate surface area is 116 Å².